The first kappa shape index (κ1) is 55.7. The number of aliphatic hydroxyl groups is 1. The van der Waals surface area contributed by atoms with Gasteiger partial charge in [0.2, 0.25) is 0 Å². The summed E-state index contributed by atoms with van der Waals surface area (Å²) < 4.78 is 32.7. The van der Waals surface area contributed by atoms with Crippen molar-refractivity contribution in [2.24, 2.45) is 5.73 Å². The van der Waals surface area contributed by atoms with Crippen LogP contribution in [0.4, 0.5) is 0 Å². The van der Waals surface area contributed by atoms with Crippen molar-refractivity contribution in [2.45, 2.75) is 199 Å². The number of carbonyl (C=O) groups is 2. The minimum absolute atomic E-state index is 0.0384. The quantitative estimate of drug-likeness (QED) is 0.0234. The van der Waals surface area contributed by atoms with Gasteiger partial charge >= 0.3 is 19.8 Å². The molecule has 0 aliphatic heterocycles. The van der Waals surface area contributed by atoms with Crippen LogP contribution < -0.4 is 5.73 Å². The van der Waals surface area contributed by atoms with E-state index in [0.29, 0.717) is 12.8 Å². The second kappa shape index (κ2) is 42.8. The zero-order chi connectivity index (χ0) is 42.6. The van der Waals surface area contributed by atoms with E-state index >= 15 is 0 Å². The third kappa shape index (κ3) is 41.8. The van der Waals surface area contributed by atoms with Crippen LogP contribution in [0.5, 0.6) is 0 Å². The van der Waals surface area contributed by atoms with Gasteiger partial charge in [0, 0.05) is 19.4 Å². The molecule has 0 aliphatic rings. The number of carbonyl (C=O) groups excluding carboxylic acids is 2. The number of rotatable bonds is 42. The Morgan fingerprint density at radius 1 is 0.586 bits per heavy atom. The molecule has 336 valence electrons. The highest BCUT2D eigenvalue weighted by molar-refractivity contribution is 7.47. The van der Waals surface area contributed by atoms with Crippen molar-refractivity contribution in [3.05, 3.63) is 60.8 Å². The Hall–Kier alpha value is -2.33. The highest BCUT2D eigenvalue weighted by atomic mass is 31.2. The molecule has 58 heavy (non-hydrogen) atoms. The number of phosphoric acid groups is 1. The number of unbranched alkanes of at least 4 members (excludes halogenated alkanes) is 16. The molecular weight excluding hydrogens is 753 g/mol. The number of phosphoric ester groups is 1. The van der Waals surface area contributed by atoms with E-state index in [1.807, 2.05) is 13.0 Å². The maximum Gasteiger partial charge on any atom is 0.472 e. The maximum atomic E-state index is 12.6. The number of aliphatic hydroxyl groups excluding tert-OH is 1. The van der Waals surface area contributed by atoms with E-state index < -0.39 is 32.5 Å². The molecule has 0 aliphatic carbocycles. The molecule has 0 aromatic rings. The molecule has 11 heteroatoms. The lowest BCUT2D eigenvalue weighted by molar-refractivity contribution is -0.161. The van der Waals surface area contributed by atoms with Crippen molar-refractivity contribution in [1.82, 2.24) is 0 Å². The first-order valence-electron chi connectivity index (χ1n) is 22.8. The van der Waals surface area contributed by atoms with Gasteiger partial charge < -0.3 is 25.2 Å². The smallest absolute Gasteiger partial charge is 0.462 e. The van der Waals surface area contributed by atoms with Crippen LogP contribution in [0.15, 0.2) is 60.8 Å². The number of ether oxygens (including phenoxy) is 2. The Labute approximate surface area is 353 Å². The van der Waals surface area contributed by atoms with Crippen molar-refractivity contribution in [3.63, 3.8) is 0 Å². The summed E-state index contributed by atoms with van der Waals surface area (Å²) in [4.78, 5) is 34.9. The van der Waals surface area contributed by atoms with Gasteiger partial charge in [-0.25, -0.2) is 4.57 Å². The Bertz CT molecular complexity index is 1150. The Morgan fingerprint density at radius 2 is 1.05 bits per heavy atom. The fraction of sp³-hybridized carbons (Fsp3) is 0.745. The predicted octanol–water partition coefficient (Wildman–Crippen LogP) is 12.2. The van der Waals surface area contributed by atoms with Crippen LogP contribution in [-0.2, 0) is 32.7 Å². The van der Waals surface area contributed by atoms with Crippen molar-refractivity contribution in [2.75, 3.05) is 26.4 Å². The Morgan fingerprint density at radius 3 is 1.60 bits per heavy atom. The van der Waals surface area contributed by atoms with Crippen molar-refractivity contribution < 1.29 is 42.7 Å². The zero-order valence-corrected chi connectivity index (χ0v) is 37.5. The average Bonchev–Trinajstić information content (AvgIpc) is 3.21. The van der Waals surface area contributed by atoms with E-state index in [9.17, 15) is 24.2 Å². The standard InChI is InChI=1S/C47H84NO9P/c1-3-5-6-7-8-9-10-11-12-13-14-15-16-21-24-27-30-33-36-39-47(51)57-45(43-56-58(52,53)55-41-40-48)42-54-46(50)38-35-32-29-26-23-20-18-17-19-22-25-28-31-34-37-44(49)4-2/h11-12,18-20,22,26,28-29,31,44-45,49H,3-10,13-17,21,23-25,27,30,32-43,48H2,1-2H3,(H,52,53)/b12-11-,20-18-,22-19-,29-26-,31-28-/t44-,45+/m0/s1. The van der Waals surface area contributed by atoms with E-state index in [4.69, 9.17) is 24.3 Å². The topological polar surface area (TPSA) is 155 Å². The van der Waals surface area contributed by atoms with E-state index in [1.54, 1.807) is 0 Å². The van der Waals surface area contributed by atoms with Gasteiger partial charge in [0.05, 0.1) is 19.3 Å². The molecule has 0 heterocycles. The molecule has 0 bridgehead atoms. The molecule has 0 radical (unpaired) electrons. The highest BCUT2D eigenvalue weighted by Gasteiger charge is 2.26. The largest absolute Gasteiger partial charge is 0.472 e. The second-order valence-corrected chi connectivity index (χ2v) is 16.5. The van der Waals surface area contributed by atoms with E-state index in [1.165, 1.54) is 83.5 Å². The van der Waals surface area contributed by atoms with Gasteiger partial charge in [0.1, 0.15) is 6.61 Å². The second-order valence-electron chi connectivity index (χ2n) is 15.1. The molecule has 0 fully saturated rings. The van der Waals surface area contributed by atoms with Gasteiger partial charge in [0.15, 0.2) is 6.10 Å². The maximum absolute atomic E-state index is 12.6. The fourth-order valence-corrected chi connectivity index (χ4v) is 6.72. The average molecular weight is 838 g/mol. The van der Waals surface area contributed by atoms with Crippen LogP contribution in [0.3, 0.4) is 0 Å². The van der Waals surface area contributed by atoms with Crippen molar-refractivity contribution in [3.8, 4) is 0 Å². The molecule has 4 N–H and O–H groups in total. The number of nitrogens with two attached hydrogens (primary N) is 1. The van der Waals surface area contributed by atoms with Crippen LogP contribution in [0.25, 0.3) is 0 Å². The Kier molecular flexibility index (Phi) is 41.1. The van der Waals surface area contributed by atoms with Gasteiger partial charge in [-0.15, -0.1) is 0 Å². The van der Waals surface area contributed by atoms with Gasteiger partial charge in [-0.2, -0.15) is 0 Å². The molecule has 0 rings (SSSR count). The zero-order valence-electron chi connectivity index (χ0n) is 36.6. The van der Waals surface area contributed by atoms with E-state index in [2.05, 4.69) is 61.6 Å². The lowest BCUT2D eigenvalue weighted by atomic mass is 10.1. The number of hydrogen-bond acceptors (Lipinski definition) is 9. The summed E-state index contributed by atoms with van der Waals surface area (Å²) in [7, 11) is -4.40. The fourth-order valence-electron chi connectivity index (χ4n) is 5.95. The monoisotopic (exact) mass is 838 g/mol. The number of hydrogen-bond donors (Lipinski definition) is 3. The molecule has 1 unspecified atom stereocenters. The summed E-state index contributed by atoms with van der Waals surface area (Å²) in [5.41, 5.74) is 5.35. The third-order valence-corrected chi connectivity index (χ3v) is 10.5. The molecule has 0 saturated carbocycles. The summed E-state index contributed by atoms with van der Waals surface area (Å²) in [6.07, 6.45) is 47.7. The molecule has 3 atom stereocenters. The van der Waals surface area contributed by atoms with E-state index in [0.717, 1.165) is 64.2 Å². The van der Waals surface area contributed by atoms with Crippen LogP contribution >= 0.6 is 7.82 Å². The molecule has 0 aromatic heterocycles. The normalized spacial score (nSPS) is 14.4. The van der Waals surface area contributed by atoms with Crippen LogP contribution in [-0.4, -0.2) is 60.5 Å². The first-order chi connectivity index (χ1) is 28.2. The van der Waals surface area contributed by atoms with Gasteiger partial charge in [-0.05, 0) is 83.5 Å². The lowest BCUT2D eigenvalue weighted by Gasteiger charge is -2.19. The SMILES string of the molecule is CCCCCCCC/C=C\CCCCCCCCCCCC(=O)O[C@H](COC(=O)CCC/C=C\C/C=C\C/C=C\C/C=C\CC[C@@H](O)CC)COP(=O)(O)OCCN. The third-order valence-electron chi connectivity index (χ3n) is 9.54. The highest BCUT2D eigenvalue weighted by Crippen LogP contribution is 2.43. The minimum Gasteiger partial charge on any atom is -0.462 e. The number of allylic oxidation sites excluding steroid dienone is 10. The molecule has 0 spiro atoms. The van der Waals surface area contributed by atoms with Crippen LogP contribution in [0.2, 0.25) is 0 Å². The molecule has 0 amide bonds. The van der Waals surface area contributed by atoms with Crippen molar-refractivity contribution >= 4 is 19.8 Å². The van der Waals surface area contributed by atoms with Gasteiger partial charge in [-0.3, -0.25) is 18.6 Å². The molecular formula is C47H84NO9P. The minimum atomic E-state index is -4.40. The first-order valence-corrected chi connectivity index (χ1v) is 24.3. The summed E-state index contributed by atoms with van der Waals surface area (Å²) in [6, 6.07) is 0. The van der Waals surface area contributed by atoms with Gasteiger partial charge in [-0.1, -0.05) is 152 Å². The molecule has 10 nitrogen and oxygen atoms in total. The summed E-state index contributed by atoms with van der Waals surface area (Å²) in [6.45, 7) is 3.38. The van der Waals surface area contributed by atoms with Crippen molar-refractivity contribution in [1.29, 1.82) is 0 Å². The van der Waals surface area contributed by atoms with E-state index in [-0.39, 0.29) is 38.7 Å². The molecule has 0 saturated heterocycles. The summed E-state index contributed by atoms with van der Waals surface area (Å²) in [5.74, 6) is -0.916. The Balaban J connectivity index is 4.22. The lowest BCUT2D eigenvalue weighted by Crippen LogP contribution is -2.29. The number of esters is 2. The van der Waals surface area contributed by atoms with Crippen LogP contribution in [0.1, 0.15) is 187 Å². The molecule has 0 aromatic carbocycles. The summed E-state index contributed by atoms with van der Waals surface area (Å²) >= 11 is 0. The van der Waals surface area contributed by atoms with Gasteiger partial charge in [0.25, 0.3) is 0 Å². The predicted molar refractivity (Wildman–Crippen MR) is 239 cm³/mol. The van der Waals surface area contributed by atoms with Crippen LogP contribution in [0, 0.1) is 0 Å². The summed E-state index contributed by atoms with van der Waals surface area (Å²) in [5, 5.41) is 9.56.